The SMILES string of the molecule is CC(O)C(=O)NCCCn1cnc2ccccc21. The Morgan fingerprint density at radius 2 is 2.28 bits per heavy atom. The minimum Gasteiger partial charge on any atom is -0.384 e. The summed E-state index contributed by atoms with van der Waals surface area (Å²) in [6, 6.07) is 7.94. The Kier molecular flexibility index (Phi) is 3.94. The molecule has 0 aliphatic heterocycles. The third-order valence-electron chi connectivity index (χ3n) is 2.78. The van der Waals surface area contributed by atoms with E-state index in [9.17, 15) is 4.79 Å². The Morgan fingerprint density at radius 3 is 3.06 bits per heavy atom. The van der Waals surface area contributed by atoms with Crippen LogP contribution in [0.4, 0.5) is 0 Å². The molecule has 0 bridgehead atoms. The maximum absolute atomic E-state index is 11.1. The molecule has 96 valence electrons. The number of amides is 1. The lowest BCUT2D eigenvalue weighted by Gasteiger charge is -2.07. The lowest BCUT2D eigenvalue weighted by molar-refractivity contribution is -0.128. The van der Waals surface area contributed by atoms with Crippen LogP contribution in [0.2, 0.25) is 0 Å². The zero-order valence-electron chi connectivity index (χ0n) is 10.3. The molecule has 2 rings (SSSR count). The van der Waals surface area contributed by atoms with E-state index < -0.39 is 6.10 Å². The Balaban J connectivity index is 1.85. The molecule has 2 N–H and O–H groups in total. The van der Waals surface area contributed by atoms with Crippen molar-refractivity contribution in [2.45, 2.75) is 26.0 Å². The van der Waals surface area contributed by atoms with Crippen molar-refractivity contribution >= 4 is 16.9 Å². The summed E-state index contributed by atoms with van der Waals surface area (Å²) in [5.74, 6) is -0.328. The maximum Gasteiger partial charge on any atom is 0.248 e. The molecule has 0 radical (unpaired) electrons. The van der Waals surface area contributed by atoms with Gasteiger partial charge in [0.25, 0.3) is 0 Å². The molecule has 5 nitrogen and oxygen atoms in total. The average molecular weight is 247 g/mol. The van der Waals surface area contributed by atoms with E-state index in [1.165, 1.54) is 6.92 Å². The van der Waals surface area contributed by atoms with E-state index in [4.69, 9.17) is 5.11 Å². The normalized spacial score (nSPS) is 12.6. The highest BCUT2D eigenvalue weighted by Gasteiger charge is 2.07. The van der Waals surface area contributed by atoms with Crippen molar-refractivity contribution in [3.05, 3.63) is 30.6 Å². The third kappa shape index (κ3) is 2.87. The summed E-state index contributed by atoms with van der Waals surface area (Å²) in [6.45, 7) is 2.80. The Labute approximate surface area is 105 Å². The van der Waals surface area contributed by atoms with E-state index >= 15 is 0 Å². The highest BCUT2D eigenvalue weighted by Crippen LogP contribution is 2.11. The summed E-state index contributed by atoms with van der Waals surface area (Å²) < 4.78 is 2.06. The van der Waals surface area contributed by atoms with E-state index in [-0.39, 0.29) is 5.91 Å². The van der Waals surface area contributed by atoms with Crippen LogP contribution in [0.15, 0.2) is 30.6 Å². The number of benzene rings is 1. The number of para-hydroxylation sites is 2. The third-order valence-corrected chi connectivity index (χ3v) is 2.78. The van der Waals surface area contributed by atoms with E-state index in [0.717, 1.165) is 24.0 Å². The van der Waals surface area contributed by atoms with Crippen LogP contribution in [-0.2, 0) is 11.3 Å². The van der Waals surface area contributed by atoms with Gasteiger partial charge in [0.2, 0.25) is 5.91 Å². The molecule has 0 saturated heterocycles. The fourth-order valence-electron chi connectivity index (χ4n) is 1.80. The van der Waals surface area contributed by atoms with Crippen molar-refractivity contribution in [1.29, 1.82) is 0 Å². The van der Waals surface area contributed by atoms with Crippen molar-refractivity contribution in [3.63, 3.8) is 0 Å². The van der Waals surface area contributed by atoms with Gasteiger partial charge in [-0.2, -0.15) is 0 Å². The number of nitrogens with zero attached hydrogens (tertiary/aromatic N) is 2. The summed E-state index contributed by atoms with van der Waals surface area (Å²) in [7, 11) is 0. The van der Waals surface area contributed by atoms with Crippen molar-refractivity contribution in [3.8, 4) is 0 Å². The summed E-state index contributed by atoms with van der Waals surface area (Å²) in [6.07, 6.45) is 1.67. The van der Waals surface area contributed by atoms with Crippen LogP contribution in [0.5, 0.6) is 0 Å². The Bertz CT molecular complexity index is 534. The van der Waals surface area contributed by atoms with Gasteiger partial charge >= 0.3 is 0 Å². The molecule has 1 aromatic carbocycles. The zero-order chi connectivity index (χ0) is 13.0. The van der Waals surface area contributed by atoms with E-state index in [2.05, 4.69) is 14.9 Å². The van der Waals surface area contributed by atoms with Crippen LogP contribution in [0.25, 0.3) is 11.0 Å². The van der Waals surface area contributed by atoms with Gasteiger partial charge in [0.05, 0.1) is 17.4 Å². The minimum absolute atomic E-state index is 0.328. The molecule has 0 spiro atoms. The summed E-state index contributed by atoms with van der Waals surface area (Å²) >= 11 is 0. The molecule has 0 saturated carbocycles. The number of carbonyl (C=O) groups excluding carboxylic acids is 1. The summed E-state index contributed by atoms with van der Waals surface area (Å²) in [5.41, 5.74) is 2.07. The number of carbonyl (C=O) groups is 1. The molecule has 1 amide bonds. The smallest absolute Gasteiger partial charge is 0.248 e. The minimum atomic E-state index is -0.945. The number of aliphatic hydroxyl groups excluding tert-OH is 1. The first-order valence-corrected chi connectivity index (χ1v) is 6.04. The standard InChI is InChI=1S/C13H17N3O2/c1-10(17)13(18)14-7-4-8-16-9-15-11-5-2-3-6-12(11)16/h2-3,5-6,9-10,17H,4,7-8H2,1H3,(H,14,18). The number of aromatic nitrogens is 2. The maximum atomic E-state index is 11.1. The van der Waals surface area contributed by atoms with Gasteiger partial charge in [-0.15, -0.1) is 0 Å². The zero-order valence-corrected chi connectivity index (χ0v) is 10.3. The number of rotatable bonds is 5. The fraction of sp³-hybridized carbons (Fsp3) is 0.385. The molecule has 5 heteroatoms. The van der Waals surface area contributed by atoms with E-state index in [1.54, 1.807) is 6.33 Å². The first kappa shape index (κ1) is 12.6. The van der Waals surface area contributed by atoms with Gasteiger partial charge in [0.1, 0.15) is 6.10 Å². The van der Waals surface area contributed by atoms with Crippen LogP contribution in [-0.4, -0.2) is 33.2 Å². The molecule has 0 aliphatic carbocycles. The largest absolute Gasteiger partial charge is 0.384 e. The predicted octanol–water partition coefficient (Wildman–Crippen LogP) is 0.923. The highest BCUT2D eigenvalue weighted by atomic mass is 16.3. The fourth-order valence-corrected chi connectivity index (χ4v) is 1.80. The number of imidazole rings is 1. The van der Waals surface area contributed by atoms with Crippen molar-refractivity contribution in [2.75, 3.05) is 6.54 Å². The second kappa shape index (κ2) is 5.64. The predicted molar refractivity (Wildman–Crippen MR) is 69.0 cm³/mol. The van der Waals surface area contributed by atoms with Crippen molar-refractivity contribution in [1.82, 2.24) is 14.9 Å². The van der Waals surface area contributed by atoms with Crippen LogP contribution < -0.4 is 5.32 Å². The van der Waals surface area contributed by atoms with Crippen molar-refractivity contribution < 1.29 is 9.90 Å². The first-order valence-electron chi connectivity index (χ1n) is 6.04. The molecule has 0 aliphatic rings. The van der Waals surface area contributed by atoms with E-state index in [0.29, 0.717) is 6.54 Å². The van der Waals surface area contributed by atoms with E-state index in [1.807, 2.05) is 24.3 Å². The van der Waals surface area contributed by atoms with Gasteiger partial charge in [-0.1, -0.05) is 12.1 Å². The number of hydrogen-bond donors (Lipinski definition) is 2. The van der Waals surface area contributed by atoms with Gasteiger partial charge in [-0.05, 0) is 25.5 Å². The van der Waals surface area contributed by atoms with Crippen LogP contribution in [0.1, 0.15) is 13.3 Å². The van der Waals surface area contributed by atoms with Gasteiger partial charge in [-0.25, -0.2) is 4.98 Å². The monoisotopic (exact) mass is 247 g/mol. The number of nitrogens with one attached hydrogen (secondary N) is 1. The molecule has 1 unspecified atom stereocenters. The molecule has 0 fully saturated rings. The molecule has 1 aromatic heterocycles. The van der Waals surface area contributed by atoms with Crippen LogP contribution in [0.3, 0.4) is 0 Å². The van der Waals surface area contributed by atoms with Crippen LogP contribution >= 0.6 is 0 Å². The summed E-state index contributed by atoms with van der Waals surface area (Å²) in [4.78, 5) is 15.4. The topological polar surface area (TPSA) is 67.2 Å². The van der Waals surface area contributed by atoms with Gasteiger partial charge in [0, 0.05) is 13.1 Å². The Morgan fingerprint density at radius 1 is 1.50 bits per heavy atom. The first-order chi connectivity index (χ1) is 8.68. The van der Waals surface area contributed by atoms with Gasteiger partial charge in [0.15, 0.2) is 0 Å². The molecule has 1 atom stereocenters. The molecule has 18 heavy (non-hydrogen) atoms. The quantitative estimate of drug-likeness (QED) is 0.772. The lowest BCUT2D eigenvalue weighted by Crippen LogP contribution is -2.33. The number of aliphatic hydroxyl groups is 1. The number of hydrogen-bond acceptors (Lipinski definition) is 3. The second-order valence-corrected chi connectivity index (χ2v) is 4.25. The van der Waals surface area contributed by atoms with Gasteiger partial charge < -0.3 is 15.0 Å². The van der Waals surface area contributed by atoms with Crippen molar-refractivity contribution in [2.24, 2.45) is 0 Å². The van der Waals surface area contributed by atoms with Gasteiger partial charge in [-0.3, -0.25) is 4.79 Å². The molecular weight excluding hydrogens is 230 g/mol. The summed E-state index contributed by atoms with van der Waals surface area (Å²) in [5, 5.41) is 11.7. The second-order valence-electron chi connectivity index (χ2n) is 4.25. The molecular formula is C13H17N3O2. The number of aryl methyl sites for hydroxylation is 1. The molecule has 2 aromatic rings. The average Bonchev–Trinajstić information content (AvgIpc) is 2.77. The highest BCUT2D eigenvalue weighted by molar-refractivity contribution is 5.79. The molecule has 1 heterocycles. The lowest BCUT2D eigenvalue weighted by atomic mass is 10.3. The number of fused-ring (bicyclic) bond motifs is 1. The van der Waals surface area contributed by atoms with Crippen LogP contribution in [0, 0.1) is 0 Å². The Hall–Kier alpha value is -1.88.